The van der Waals surface area contributed by atoms with Crippen molar-refractivity contribution in [2.24, 2.45) is 4.99 Å². The minimum atomic E-state index is -0.904. The molecule has 1 atom stereocenters. The van der Waals surface area contributed by atoms with Crippen LogP contribution in [-0.4, -0.2) is 47.3 Å². The predicted octanol–water partition coefficient (Wildman–Crippen LogP) is 5.97. The molecule has 0 amide bonds. The van der Waals surface area contributed by atoms with Gasteiger partial charge in [0, 0.05) is 6.07 Å². The van der Waals surface area contributed by atoms with Crippen molar-refractivity contribution in [3.8, 4) is 28.7 Å². The Labute approximate surface area is 302 Å². The van der Waals surface area contributed by atoms with Gasteiger partial charge in [0.1, 0.15) is 0 Å². The molecule has 15 nitrogen and oxygen atoms in total. The Balaban J connectivity index is 1.62. The lowest BCUT2D eigenvalue weighted by Gasteiger charge is -2.25. The summed E-state index contributed by atoms with van der Waals surface area (Å²) in [6.07, 6.45) is 1.48. The summed E-state index contributed by atoms with van der Waals surface area (Å²) in [6, 6.07) is 10.5. The maximum Gasteiger partial charge on any atom is 0.338 e. The molecule has 0 saturated carbocycles. The number of nitro groups is 2. The average molecular weight is 784 g/mol. The van der Waals surface area contributed by atoms with E-state index in [1.54, 1.807) is 50.3 Å². The topological polar surface area (TPSA) is 184 Å². The van der Waals surface area contributed by atoms with Gasteiger partial charge in [-0.05, 0) is 91.2 Å². The first kappa shape index (κ1) is 36.7. The summed E-state index contributed by atoms with van der Waals surface area (Å²) < 4.78 is 30.3. The van der Waals surface area contributed by atoms with Crippen molar-refractivity contribution in [2.45, 2.75) is 39.8 Å². The number of ether oxygens (including phenoxy) is 5. The summed E-state index contributed by atoms with van der Waals surface area (Å²) in [7, 11) is 2.86. The van der Waals surface area contributed by atoms with Crippen LogP contribution in [0.15, 0.2) is 74.1 Å². The van der Waals surface area contributed by atoms with Crippen molar-refractivity contribution in [2.75, 3.05) is 20.8 Å². The first-order valence-electron chi connectivity index (χ1n) is 15.3. The van der Waals surface area contributed by atoms with Gasteiger partial charge in [-0.2, -0.15) is 0 Å². The van der Waals surface area contributed by atoms with Gasteiger partial charge < -0.3 is 23.7 Å². The summed E-state index contributed by atoms with van der Waals surface area (Å²) in [4.78, 5) is 53.8. The van der Waals surface area contributed by atoms with Gasteiger partial charge in [0.15, 0.2) is 27.8 Å². The first-order valence-corrected chi connectivity index (χ1v) is 16.9. The number of nitro benzene ring substituents is 2. The zero-order valence-corrected chi connectivity index (χ0v) is 30.5. The van der Waals surface area contributed by atoms with Crippen LogP contribution in [0.2, 0.25) is 0 Å². The van der Waals surface area contributed by atoms with Crippen LogP contribution in [0.4, 0.5) is 11.4 Å². The normalized spacial score (nSPS) is 14.1. The number of carbonyl (C=O) groups excluding carboxylic acids is 1. The SMILES string of the molecule is CCOC(=O)C1=C(C)N=c2s/c(=C\c3cc(Br)c(Oc4ccc([N+](=O)[O-])cc4[N+](=O)[O-])c(OC)c3)c(=O)n2[C@H]1c1ccc(OC(C)C)c(OC)c1. The molecule has 1 aromatic heterocycles. The molecule has 3 aromatic carbocycles. The van der Waals surface area contributed by atoms with Crippen LogP contribution < -0.4 is 33.8 Å². The summed E-state index contributed by atoms with van der Waals surface area (Å²) in [5, 5.41) is 22.9. The van der Waals surface area contributed by atoms with Crippen molar-refractivity contribution in [3.63, 3.8) is 0 Å². The maximum absolute atomic E-state index is 14.2. The van der Waals surface area contributed by atoms with E-state index < -0.39 is 38.8 Å². The third kappa shape index (κ3) is 7.48. The largest absolute Gasteiger partial charge is 0.493 e. The molecule has 1 aliphatic heterocycles. The second-order valence-corrected chi connectivity index (χ2v) is 13.0. The van der Waals surface area contributed by atoms with Crippen LogP contribution in [-0.2, 0) is 9.53 Å². The number of hydrogen-bond donors (Lipinski definition) is 0. The Morgan fingerprint density at radius 1 is 1.02 bits per heavy atom. The molecule has 266 valence electrons. The summed E-state index contributed by atoms with van der Waals surface area (Å²) in [5.41, 5.74) is 0.121. The zero-order valence-electron chi connectivity index (χ0n) is 28.1. The van der Waals surface area contributed by atoms with E-state index in [4.69, 9.17) is 23.7 Å². The molecule has 1 aliphatic rings. The standard InChI is InChI=1S/C34H31BrN4O11S/c1-7-48-33(41)29-18(4)36-34-37(30(29)20-8-10-25(49-17(2)3)26(15-20)46-5)32(40)28(51-34)14-19-12-22(35)31(27(13-19)47-6)50-24-11-9-21(38(42)43)16-23(24)39(44)45/h8-17,30H,7H2,1-6H3/b28-14-/t30-/m0/s1. The molecule has 0 radical (unpaired) electrons. The molecule has 0 aliphatic carbocycles. The van der Waals surface area contributed by atoms with Gasteiger partial charge in [0.2, 0.25) is 5.75 Å². The van der Waals surface area contributed by atoms with E-state index in [0.29, 0.717) is 37.6 Å². The highest BCUT2D eigenvalue weighted by Gasteiger charge is 2.34. The number of non-ortho nitro benzene ring substituents is 1. The second-order valence-electron chi connectivity index (χ2n) is 11.2. The average Bonchev–Trinajstić information content (AvgIpc) is 3.38. The number of halogens is 1. The van der Waals surface area contributed by atoms with Crippen molar-refractivity contribution in [1.82, 2.24) is 4.57 Å². The maximum atomic E-state index is 14.2. The zero-order chi connectivity index (χ0) is 37.1. The van der Waals surface area contributed by atoms with E-state index in [9.17, 15) is 29.8 Å². The van der Waals surface area contributed by atoms with E-state index in [1.807, 2.05) is 13.8 Å². The molecule has 5 rings (SSSR count). The Morgan fingerprint density at radius 2 is 1.73 bits per heavy atom. The third-order valence-electron chi connectivity index (χ3n) is 7.49. The van der Waals surface area contributed by atoms with Crippen LogP contribution in [0, 0.1) is 20.2 Å². The van der Waals surface area contributed by atoms with Gasteiger partial charge in [-0.3, -0.25) is 29.6 Å². The molecule has 0 bridgehead atoms. The van der Waals surface area contributed by atoms with E-state index in [2.05, 4.69) is 20.9 Å². The van der Waals surface area contributed by atoms with Crippen LogP contribution in [0.1, 0.15) is 44.9 Å². The van der Waals surface area contributed by atoms with Gasteiger partial charge in [0.25, 0.3) is 11.2 Å². The molecule has 0 saturated heterocycles. The van der Waals surface area contributed by atoms with Gasteiger partial charge in [0.05, 0.1) is 69.2 Å². The predicted molar refractivity (Wildman–Crippen MR) is 190 cm³/mol. The molecule has 0 fully saturated rings. The monoisotopic (exact) mass is 782 g/mol. The van der Waals surface area contributed by atoms with Gasteiger partial charge >= 0.3 is 11.7 Å². The lowest BCUT2D eigenvalue weighted by atomic mass is 9.95. The van der Waals surface area contributed by atoms with Crippen molar-refractivity contribution < 1.29 is 38.3 Å². The number of hydrogen-bond acceptors (Lipinski definition) is 13. The number of nitrogens with zero attached hydrogens (tertiary/aromatic N) is 4. The molecule has 51 heavy (non-hydrogen) atoms. The van der Waals surface area contributed by atoms with Gasteiger partial charge in [-0.15, -0.1) is 0 Å². The van der Waals surface area contributed by atoms with Crippen LogP contribution >= 0.6 is 27.3 Å². The molecule has 4 aromatic rings. The highest BCUT2D eigenvalue weighted by atomic mass is 79.9. The Hall–Kier alpha value is -5.55. The number of aromatic nitrogens is 1. The van der Waals surface area contributed by atoms with E-state index in [-0.39, 0.29) is 40.1 Å². The number of allylic oxidation sites excluding steroid dienone is 1. The first-order chi connectivity index (χ1) is 24.3. The fraction of sp³-hybridized carbons (Fsp3) is 0.265. The fourth-order valence-electron chi connectivity index (χ4n) is 5.34. The van der Waals surface area contributed by atoms with Gasteiger partial charge in [-0.25, -0.2) is 9.79 Å². The van der Waals surface area contributed by atoms with Crippen molar-refractivity contribution in [3.05, 3.63) is 115 Å². The van der Waals surface area contributed by atoms with E-state index in [1.165, 1.54) is 18.8 Å². The highest BCUT2D eigenvalue weighted by Crippen LogP contribution is 2.43. The van der Waals surface area contributed by atoms with Crippen molar-refractivity contribution >= 4 is 50.7 Å². The number of carbonyl (C=O) groups is 1. The minimum absolute atomic E-state index is 0.0570. The number of fused-ring (bicyclic) bond motifs is 1. The van der Waals surface area contributed by atoms with E-state index in [0.717, 1.165) is 29.5 Å². The van der Waals surface area contributed by atoms with Crippen molar-refractivity contribution in [1.29, 1.82) is 0 Å². The Bertz CT molecular complexity index is 2280. The lowest BCUT2D eigenvalue weighted by molar-refractivity contribution is -0.394. The van der Waals surface area contributed by atoms with Crippen LogP contribution in [0.5, 0.6) is 28.7 Å². The Kier molecular flexibility index (Phi) is 10.9. The summed E-state index contributed by atoms with van der Waals surface area (Å²) in [5.74, 6) is 0.249. The van der Waals surface area contributed by atoms with Gasteiger partial charge in [-0.1, -0.05) is 17.4 Å². The van der Waals surface area contributed by atoms with Crippen LogP contribution in [0.3, 0.4) is 0 Å². The second kappa shape index (κ2) is 15.1. The number of esters is 1. The third-order valence-corrected chi connectivity index (χ3v) is 9.07. The fourth-order valence-corrected chi connectivity index (χ4v) is 6.93. The summed E-state index contributed by atoms with van der Waals surface area (Å²) in [6.45, 7) is 7.26. The minimum Gasteiger partial charge on any atom is -0.493 e. The Morgan fingerprint density at radius 3 is 2.35 bits per heavy atom. The number of thiazole rings is 1. The van der Waals surface area contributed by atoms with Crippen LogP contribution in [0.25, 0.3) is 6.08 Å². The molecule has 17 heteroatoms. The molecular weight excluding hydrogens is 752 g/mol. The lowest BCUT2D eigenvalue weighted by Crippen LogP contribution is -2.40. The molecular formula is C34H31BrN4O11S. The highest BCUT2D eigenvalue weighted by molar-refractivity contribution is 9.10. The summed E-state index contributed by atoms with van der Waals surface area (Å²) >= 11 is 4.53. The smallest absolute Gasteiger partial charge is 0.338 e. The molecule has 0 N–H and O–H groups in total. The van der Waals surface area contributed by atoms with E-state index >= 15 is 0 Å². The molecule has 2 heterocycles. The molecule has 0 unspecified atom stereocenters. The quantitative estimate of drug-likeness (QED) is 0.0937. The number of methoxy groups -OCH3 is 2. The molecule has 0 spiro atoms. The number of rotatable bonds is 12. The number of benzene rings is 3.